The molecule has 2 N–H and O–H groups in total. The third-order valence-corrected chi connectivity index (χ3v) is 10.6. The summed E-state index contributed by atoms with van der Waals surface area (Å²) in [6.07, 6.45) is 22.3. The van der Waals surface area contributed by atoms with Crippen LogP contribution in [0, 0.1) is 0 Å². The molecule has 0 amide bonds. The van der Waals surface area contributed by atoms with Crippen molar-refractivity contribution in [2.75, 3.05) is 0 Å². The molecule has 2 aromatic heterocycles. The standard InChI is InChI=1S/C38H35N3S/c39-32-17-9-7-16-30(32)37(26-13-5-2-6-14-26)40-24-41-33-22-21-29-28-15-8-10-18-35(28)42-38(29)36(33)31-20-19-27(23-34(31)41)25-11-3-1-4-12-25/h1-6,8,11-17,23-24,37H,7,9-10,18-22,39H2/b40-24+. The van der Waals surface area contributed by atoms with Crippen LogP contribution in [0.5, 0.6) is 0 Å². The Kier molecular flexibility index (Phi) is 6.45. The molecule has 42 heavy (non-hydrogen) atoms. The van der Waals surface area contributed by atoms with E-state index in [-0.39, 0.29) is 6.04 Å². The van der Waals surface area contributed by atoms with E-state index in [0.717, 1.165) is 56.2 Å². The molecule has 0 radical (unpaired) electrons. The zero-order valence-electron chi connectivity index (χ0n) is 23.9. The predicted octanol–water partition coefficient (Wildman–Crippen LogP) is 8.94. The fourth-order valence-corrected chi connectivity index (χ4v) is 8.71. The Balaban J connectivity index is 1.31. The second-order valence-electron chi connectivity index (χ2n) is 11.8. The van der Waals surface area contributed by atoms with Crippen LogP contribution in [0.3, 0.4) is 0 Å². The van der Waals surface area contributed by atoms with E-state index in [2.05, 4.69) is 102 Å². The summed E-state index contributed by atoms with van der Waals surface area (Å²) in [6.45, 7) is 0. The van der Waals surface area contributed by atoms with Gasteiger partial charge in [-0.3, -0.25) is 4.99 Å². The fraction of sp³-hybridized carbons (Fsp3) is 0.237. The van der Waals surface area contributed by atoms with Gasteiger partial charge in [0.2, 0.25) is 0 Å². The topological polar surface area (TPSA) is 43.3 Å². The second-order valence-corrected chi connectivity index (χ2v) is 12.9. The lowest BCUT2D eigenvalue weighted by Gasteiger charge is -2.21. The van der Waals surface area contributed by atoms with E-state index >= 15 is 0 Å². The maximum absolute atomic E-state index is 6.57. The zero-order valence-corrected chi connectivity index (χ0v) is 24.7. The number of allylic oxidation sites excluding steroid dienone is 4. The summed E-state index contributed by atoms with van der Waals surface area (Å²) < 4.78 is 2.43. The lowest BCUT2D eigenvalue weighted by atomic mass is 9.86. The number of benzene rings is 2. The number of aliphatic imine (C=N–C) groups is 1. The predicted molar refractivity (Wildman–Crippen MR) is 178 cm³/mol. The number of fused-ring (bicyclic) bond motifs is 7. The van der Waals surface area contributed by atoms with E-state index in [1.54, 1.807) is 10.4 Å². The van der Waals surface area contributed by atoms with Crippen molar-refractivity contribution in [2.24, 2.45) is 10.7 Å². The second kappa shape index (κ2) is 10.6. The first kappa shape index (κ1) is 25.6. The van der Waals surface area contributed by atoms with Gasteiger partial charge in [-0.2, -0.15) is 0 Å². The van der Waals surface area contributed by atoms with E-state index < -0.39 is 0 Å². The average molecular weight is 566 g/mol. The molecular weight excluding hydrogens is 531 g/mol. The minimum Gasteiger partial charge on any atom is -0.399 e. The van der Waals surface area contributed by atoms with Gasteiger partial charge in [0.15, 0.2) is 0 Å². The zero-order chi connectivity index (χ0) is 28.0. The summed E-state index contributed by atoms with van der Waals surface area (Å²) in [4.78, 5) is 8.43. The third kappa shape index (κ3) is 4.28. The summed E-state index contributed by atoms with van der Waals surface area (Å²) >= 11 is 2.05. The minimum atomic E-state index is -0.129. The highest BCUT2D eigenvalue weighted by Crippen LogP contribution is 2.49. The van der Waals surface area contributed by atoms with Gasteiger partial charge in [-0.25, -0.2) is 0 Å². The van der Waals surface area contributed by atoms with Gasteiger partial charge >= 0.3 is 0 Å². The van der Waals surface area contributed by atoms with Crippen LogP contribution in [0.15, 0.2) is 95.2 Å². The van der Waals surface area contributed by atoms with Gasteiger partial charge in [0.1, 0.15) is 6.04 Å². The molecule has 4 aliphatic carbocycles. The summed E-state index contributed by atoms with van der Waals surface area (Å²) in [5.41, 5.74) is 21.2. The number of nitrogens with two attached hydrogens (primary N) is 1. The molecule has 0 spiro atoms. The molecule has 2 aromatic carbocycles. The molecule has 1 atom stereocenters. The van der Waals surface area contributed by atoms with Gasteiger partial charge < -0.3 is 10.3 Å². The van der Waals surface area contributed by atoms with Crippen molar-refractivity contribution in [3.63, 3.8) is 0 Å². The summed E-state index contributed by atoms with van der Waals surface area (Å²) in [5.74, 6) is 0. The number of hydrogen-bond donors (Lipinski definition) is 1. The number of aromatic nitrogens is 1. The monoisotopic (exact) mass is 565 g/mol. The quantitative estimate of drug-likeness (QED) is 0.190. The van der Waals surface area contributed by atoms with Crippen molar-refractivity contribution in [1.82, 2.24) is 4.57 Å². The molecule has 3 nitrogen and oxygen atoms in total. The van der Waals surface area contributed by atoms with Crippen LogP contribution in [0.25, 0.3) is 28.2 Å². The Hall–Kier alpha value is -4.15. The van der Waals surface area contributed by atoms with Crippen molar-refractivity contribution in [1.29, 1.82) is 0 Å². The molecule has 0 fully saturated rings. The van der Waals surface area contributed by atoms with Gasteiger partial charge in [0.25, 0.3) is 0 Å². The number of aryl methyl sites for hydroxylation is 1. The number of rotatable bonds is 5. The lowest BCUT2D eigenvalue weighted by Crippen LogP contribution is -2.14. The van der Waals surface area contributed by atoms with E-state index in [9.17, 15) is 0 Å². The van der Waals surface area contributed by atoms with Crippen LogP contribution in [0.4, 0.5) is 0 Å². The Morgan fingerprint density at radius 3 is 2.45 bits per heavy atom. The van der Waals surface area contributed by atoms with Crippen LogP contribution in [0.2, 0.25) is 0 Å². The number of thiophene rings is 1. The van der Waals surface area contributed by atoms with E-state index in [0.29, 0.717) is 0 Å². The Labute approximate surface area is 252 Å². The van der Waals surface area contributed by atoms with E-state index in [4.69, 9.17) is 10.7 Å². The molecule has 4 aliphatic rings. The lowest BCUT2D eigenvalue weighted by molar-refractivity contribution is 0.810. The highest BCUT2D eigenvalue weighted by molar-refractivity contribution is 7.16. The Morgan fingerprint density at radius 2 is 1.62 bits per heavy atom. The Morgan fingerprint density at radius 1 is 0.833 bits per heavy atom. The maximum atomic E-state index is 6.57. The number of hydrogen-bond acceptors (Lipinski definition) is 3. The highest BCUT2D eigenvalue weighted by atomic mass is 32.1. The van der Waals surface area contributed by atoms with Crippen LogP contribution in [-0.2, 0) is 25.7 Å². The molecule has 0 bridgehead atoms. The van der Waals surface area contributed by atoms with Gasteiger partial charge in [-0.15, -0.1) is 11.3 Å². The Bertz CT molecular complexity index is 1830. The van der Waals surface area contributed by atoms with E-state index in [1.807, 2.05) is 11.3 Å². The summed E-state index contributed by atoms with van der Waals surface area (Å²) in [6, 6.07) is 21.4. The first-order valence-electron chi connectivity index (χ1n) is 15.3. The van der Waals surface area contributed by atoms with Gasteiger partial charge in [-0.1, -0.05) is 85.0 Å². The van der Waals surface area contributed by atoms with Crippen molar-refractivity contribution in [3.8, 4) is 10.4 Å². The molecule has 2 heterocycles. The minimum absolute atomic E-state index is 0.129. The van der Waals surface area contributed by atoms with Gasteiger partial charge in [-0.05, 0) is 96.4 Å². The molecular formula is C38H35N3S. The van der Waals surface area contributed by atoms with Crippen LogP contribution >= 0.6 is 11.3 Å². The largest absolute Gasteiger partial charge is 0.399 e. The third-order valence-electron chi connectivity index (χ3n) is 9.31. The normalized spacial score (nSPS) is 18.0. The SMILES string of the molecule is NC1=CCCC=C1C(/N=C/n1c2c(c3c1CCc1c-3sc3c1C=CCC3)CCC(c1ccccc1)=C2)c1ccccc1. The molecule has 0 aliphatic heterocycles. The van der Waals surface area contributed by atoms with Crippen LogP contribution < -0.4 is 5.73 Å². The average Bonchev–Trinajstić information content (AvgIpc) is 3.58. The molecule has 1 unspecified atom stereocenters. The molecule has 208 valence electrons. The van der Waals surface area contributed by atoms with Gasteiger partial charge in [0, 0.05) is 26.7 Å². The first-order valence-corrected chi connectivity index (χ1v) is 16.2. The van der Waals surface area contributed by atoms with Crippen molar-refractivity contribution >= 4 is 35.4 Å². The van der Waals surface area contributed by atoms with Crippen molar-refractivity contribution in [2.45, 2.75) is 57.4 Å². The van der Waals surface area contributed by atoms with Crippen molar-refractivity contribution in [3.05, 3.63) is 134 Å². The molecule has 4 heteroatoms. The summed E-state index contributed by atoms with van der Waals surface area (Å²) in [7, 11) is 0. The van der Waals surface area contributed by atoms with Crippen molar-refractivity contribution < 1.29 is 0 Å². The fourth-order valence-electron chi connectivity index (χ4n) is 7.26. The van der Waals surface area contributed by atoms with Crippen LogP contribution in [-0.4, -0.2) is 10.9 Å². The molecule has 0 saturated carbocycles. The van der Waals surface area contributed by atoms with Gasteiger partial charge in [0.05, 0.1) is 12.0 Å². The number of nitrogens with zero attached hydrogens (tertiary/aromatic N) is 2. The first-order chi connectivity index (χ1) is 20.8. The van der Waals surface area contributed by atoms with E-state index in [1.165, 1.54) is 56.1 Å². The maximum Gasteiger partial charge on any atom is 0.103 e. The molecule has 8 rings (SSSR count). The summed E-state index contributed by atoms with van der Waals surface area (Å²) in [5, 5.41) is 0. The smallest absolute Gasteiger partial charge is 0.103 e. The molecule has 4 aromatic rings. The highest BCUT2D eigenvalue weighted by Gasteiger charge is 2.32. The van der Waals surface area contributed by atoms with Crippen LogP contribution in [0.1, 0.15) is 75.8 Å². The molecule has 0 saturated heterocycles.